The average Bonchev–Trinajstić information content (AvgIpc) is 2.61. The summed E-state index contributed by atoms with van der Waals surface area (Å²) in [7, 11) is 0. The van der Waals surface area contributed by atoms with Crippen LogP contribution in [0.25, 0.3) is 0 Å². The van der Waals surface area contributed by atoms with Crippen molar-refractivity contribution in [2.24, 2.45) is 0 Å². The van der Waals surface area contributed by atoms with Crippen molar-refractivity contribution in [2.45, 2.75) is 32.7 Å². The molecule has 1 aromatic rings. The number of nitrogens with zero attached hydrogens (tertiary/aromatic N) is 2. The molecule has 25 heavy (non-hydrogen) atoms. The van der Waals surface area contributed by atoms with Gasteiger partial charge in [0.1, 0.15) is 0 Å². The Bertz CT molecular complexity index is 592. The van der Waals surface area contributed by atoms with E-state index in [1.807, 2.05) is 49.1 Å². The number of carbonyl (C=O) groups excluding carboxylic acids is 2. The van der Waals surface area contributed by atoms with Gasteiger partial charge in [0.15, 0.2) is 0 Å². The van der Waals surface area contributed by atoms with Crippen molar-refractivity contribution in [3.63, 3.8) is 0 Å². The van der Waals surface area contributed by atoms with Crippen molar-refractivity contribution >= 4 is 11.8 Å². The lowest BCUT2D eigenvalue weighted by atomic mass is 10.0. The minimum absolute atomic E-state index is 0.0197. The molecule has 1 fully saturated rings. The maximum atomic E-state index is 12.4. The van der Waals surface area contributed by atoms with E-state index in [1.165, 1.54) is 0 Å². The second-order valence-corrected chi connectivity index (χ2v) is 6.75. The second-order valence-electron chi connectivity index (χ2n) is 6.75. The molecule has 1 N–H and O–H groups in total. The molecule has 136 valence electrons. The largest absolute Gasteiger partial charge is 0.349 e. The fourth-order valence-corrected chi connectivity index (χ4v) is 3.09. The minimum Gasteiger partial charge on any atom is -0.349 e. The highest BCUT2D eigenvalue weighted by molar-refractivity contribution is 5.94. The summed E-state index contributed by atoms with van der Waals surface area (Å²) in [6.07, 6.45) is 1.75. The van der Waals surface area contributed by atoms with Crippen LogP contribution < -0.4 is 5.32 Å². The molecule has 0 aromatic heterocycles. The van der Waals surface area contributed by atoms with Crippen LogP contribution in [0.2, 0.25) is 0 Å². The van der Waals surface area contributed by atoms with E-state index in [0.717, 1.165) is 31.5 Å². The zero-order valence-electron chi connectivity index (χ0n) is 15.3. The molecule has 1 heterocycles. The van der Waals surface area contributed by atoms with E-state index >= 15 is 0 Å². The normalized spacial score (nSPS) is 15.6. The van der Waals surface area contributed by atoms with Gasteiger partial charge in [0.05, 0.1) is 6.54 Å². The summed E-state index contributed by atoms with van der Waals surface area (Å²) in [4.78, 5) is 28.6. The maximum absolute atomic E-state index is 12.4. The quantitative estimate of drug-likeness (QED) is 0.773. The monoisotopic (exact) mass is 343 g/mol. The van der Waals surface area contributed by atoms with Crippen LogP contribution in [0, 0.1) is 0 Å². The Hall–Kier alpha value is -2.14. The number of likely N-dealkylation sites (tertiary alicyclic amines) is 1. The number of carbonyl (C=O) groups is 2. The van der Waals surface area contributed by atoms with Gasteiger partial charge in [0.25, 0.3) is 5.91 Å². The van der Waals surface area contributed by atoms with Gasteiger partial charge in [-0.25, -0.2) is 0 Å². The van der Waals surface area contributed by atoms with Crippen molar-refractivity contribution in [1.29, 1.82) is 0 Å². The van der Waals surface area contributed by atoms with Gasteiger partial charge in [-0.3, -0.25) is 14.5 Å². The van der Waals surface area contributed by atoms with Crippen LogP contribution in [0.15, 0.2) is 42.5 Å². The fraction of sp³-hybridized carbons (Fsp3) is 0.500. The predicted molar refractivity (Wildman–Crippen MR) is 100 cm³/mol. The molecule has 5 heteroatoms. The summed E-state index contributed by atoms with van der Waals surface area (Å²) in [6, 6.07) is 9.46. The first-order valence-corrected chi connectivity index (χ1v) is 9.00. The molecular formula is C20H29N3O2. The van der Waals surface area contributed by atoms with Crippen molar-refractivity contribution in [2.75, 3.05) is 32.7 Å². The van der Waals surface area contributed by atoms with Gasteiger partial charge in [0.2, 0.25) is 5.91 Å². The van der Waals surface area contributed by atoms with Gasteiger partial charge in [0, 0.05) is 37.8 Å². The number of likely N-dealkylation sites (N-methyl/N-ethyl adjacent to an activating group) is 1. The van der Waals surface area contributed by atoms with E-state index in [1.54, 1.807) is 0 Å². The van der Waals surface area contributed by atoms with E-state index in [-0.39, 0.29) is 17.9 Å². The summed E-state index contributed by atoms with van der Waals surface area (Å²) < 4.78 is 0. The van der Waals surface area contributed by atoms with Crippen molar-refractivity contribution in [3.05, 3.63) is 48.0 Å². The predicted octanol–water partition coefficient (Wildman–Crippen LogP) is 2.31. The van der Waals surface area contributed by atoms with Crippen LogP contribution in [-0.2, 0) is 4.79 Å². The molecule has 0 unspecified atom stereocenters. The average molecular weight is 343 g/mol. The summed E-state index contributed by atoms with van der Waals surface area (Å²) in [5, 5.41) is 3.10. The zero-order valence-corrected chi connectivity index (χ0v) is 15.3. The highest BCUT2D eigenvalue weighted by atomic mass is 16.2. The van der Waals surface area contributed by atoms with Gasteiger partial charge < -0.3 is 10.2 Å². The number of hydrogen-bond donors (Lipinski definition) is 1. The zero-order chi connectivity index (χ0) is 18.2. The minimum atomic E-state index is -0.0197. The molecule has 0 spiro atoms. The Labute approximate surface area is 150 Å². The smallest absolute Gasteiger partial charge is 0.251 e. The fourth-order valence-electron chi connectivity index (χ4n) is 3.09. The highest BCUT2D eigenvalue weighted by Gasteiger charge is 2.23. The number of rotatable bonds is 7. The summed E-state index contributed by atoms with van der Waals surface area (Å²) in [6.45, 7) is 11.3. The van der Waals surface area contributed by atoms with Crippen LogP contribution in [0.4, 0.5) is 0 Å². The lowest BCUT2D eigenvalue weighted by Gasteiger charge is -2.33. The SMILES string of the molecule is C=C(C)CN(CC)C(=O)CN1CCC(NC(=O)c2ccccc2)CC1. The molecule has 1 saturated heterocycles. The molecule has 1 aliphatic rings. The number of nitrogens with one attached hydrogen (secondary N) is 1. The molecule has 0 bridgehead atoms. The molecule has 0 saturated carbocycles. The first-order valence-electron chi connectivity index (χ1n) is 9.00. The van der Waals surface area contributed by atoms with E-state index in [4.69, 9.17) is 0 Å². The Morgan fingerprint density at radius 3 is 2.44 bits per heavy atom. The van der Waals surface area contributed by atoms with E-state index in [9.17, 15) is 9.59 Å². The van der Waals surface area contributed by atoms with Crippen LogP contribution >= 0.6 is 0 Å². The summed E-state index contributed by atoms with van der Waals surface area (Å²) in [5.74, 6) is 0.131. The first-order chi connectivity index (χ1) is 12.0. The van der Waals surface area contributed by atoms with Crippen molar-refractivity contribution in [3.8, 4) is 0 Å². The molecule has 0 radical (unpaired) electrons. The topological polar surface area (TPSA) is 52.7 Å². The van der Waals surface area contributed by atoms with E-state index in [0.29, 0.717) is 25.2 Å². The maximum Gasteiger partial charge on any atom is 0.251 e. The van der Waals surface area contributed by atoms with Crippen molar-refractivity contribution < 1.29 is 9.59 Å². The van der Waals surface area contributed by atoms with Gasteiger partial charge in [-0.1, -0.05) is 30.4 Å². The third-order valence-electron chi connectivity index (χ3n) is 4.51. The number of amides is 2. The van der Waals surface area contributed by atoms with Crippen LogP contribution in [-0.4, -0.2) is 60.4 Å². The van der Waals surface area contributed by atoms with Gasteiger partial charge in [-0.2, -0.15) is 0 Å². The Balaban J connectivity index is 1.76. The molecule has 0 atom stereocenters. The van der Waals surface area contributed by atoms with Crippen LogP contribution in [0.1, 0.15) is 37.0 Å². The third kappa shape index (κ3) is 6.02. The van der Waals surface area contributed by atoms with E-state index < -0.39 is 0 Å². The summed E-state index contributed by atoms with van der Waals surface area (Å²) >= 11 is 0. The Morgan fingerprint density at radius 1 is 1.24 bits per heavy atom. The van der Waals surface area contributed by atoms with E-state index in [2.05, 4.69) is 16.8 Å². The van der Waals surface area contributed by atoms with Crippen LogP contribution in [0.3, 0.4) is 0 Å². The molecule has 1 aliphatic heterocycles. The summed E-state index contributed by atoms with van der Waals surface area (Å²) in [5.41, 5.74) is 1.69. The standard InChI is InChI=1S/C20H29N3O2/c1-4-23(14-16(2)3)19(24)15-22-12-10-18(11-13-22)21-20(25)17-8-6-5-7-9-17/h5-9,18H,2,4,10-15H2,1,3H3,(H,21,25). The number of piperidine rings is 1. The first kappa shape index (κ1) is 19.2. The third-order valence-corrected chi connectivity index (χ3v) is 4.51. The molecule has 0 aliphatic carbocycles. The lowest BCUT2D eigenvalue weighted by molar-refractivity contribution is -0.132. The molecule has 2 rings (SSSR count). The van der Waals surface area contributed by atoms with Crippen LogP contribution in [0.5, 0.6) is 0 Å². The number of benzene rings is 1. The van der Waals surface area contributed by atoms with Crippen molar-refractivity contribution in [1.82, 2.24) is 15.1 Å². The molecule has 5 nitrogen and oxygen atoms in total. The van der Waals surface area contributed by atoms with Gasteiger partial charge in [-0.05, 0) is 38.8 Å². The lowest BCUT2D eigenvalue weighted by Crippen LogP contribution is -2.48. The number of hydrogen-bond acceptors (Lipinski definition) is 3. The molecule has 2 amide bonds. The van der Waals surface area contributed by atoms with Gasteiger partial charge >= 0.3 is 0 Å². The van der Waals surface area contributed by atoms with Gasteiger partial charge in [-0.15, -0.1) is 0 Å². The second kappa shape index (κ2) is 9.37. The molecule has 1 aromatic carbocycles. The molecular weight excluding hydrogens is 314 g/mol. The Morgan fingerprint density at radius 2 is 1.88 bits per heavy atom. The highest BCUT2D eigenvalue weighted by Crippen LogP contribution is 2.12. The Kier molecular flexibility index (Phi) is 7.19.